The highest BCUT2D eigenvalue weighted by Gasteiger charge is 2.43. The van der Waals surface area contributed by atoms with E-state index in [9.17, 15) is 23.2 Å². The number of hydrogen-bond acceptors (Lipinski definition) is 5. The molecule has 2 N–H and O–H groups in total. The molecule has 6 rings (SSSR count). The third-order valence-electron chi connectivity index (χ3n) is 6.69. The number of rotatable bonds is 4. The van der Waals surface area contributed by atoms with Crippen molar-refractivity contribution >= 4 is 11.6 Å². The van der Waals surface area contributed by atoms with Crippen LogP contribution in [-0.2, 0) is 0 Å². The van der Waals surface area contributed by atoms with E-state index in [1.54, 1.807) is 41.2 Å². The van der Waals surface area contributed by atoms with Gasteiger partial charge in [0.25, 0.3) is 17.4 Å². The molecule has 4 aromatic rings. The molecule has 2 atom stereocenters. The predicted octanol–water partition coefficient (Wildman–Crippen LogP) is 2.53. The van der Waals surface area contributed by atoms with E-state index in [0.717, 1.165) is 17.5 Å². The van der Waals surface area contributed by atoms with Gasteiger partial charge in [0.15, 0.2) is 5.65 Å². The lowest BCUT2D eigenvalue weighted by Gasteiger charge is -2.16. The highest BCUT2D eigenvalue weighted by Crippen LogP contribution is 2.55. The Labute approximate surface area is 196 Å². The van der Waals surface area contributed by atoms with Gasteiger partial charge in [0, 0.05) is 42.7 Å². The number of carbonyl (C=O) groups is 1. The lowest BCUT2D eigenvalue weighted by atomic mass is 10.0. The Kier molecular flexibility index (Phi) is 4.70. The molecule has 1 aliphatic heterocycles. The van der Waals surface area contributed by atoms with Crippen molar-refractivity contribution in [3.05, 3.63) is 86.5 Å². The Morgan fingerprint density at radius 2 is 2.03 bits per heavy atom. The number of nitrogens with zero attached hydrogens (tertiary/aromatic N) is 4. The van der Waals surface area contributed by atoms with Crippen LogP contribution >= 0.6 is 0 Å². The maximum absolute atomic E-state index is 13.6. The Morgan fingerprint density at radius 1 is 1.17 bits per heavy atom. The number of likely N-dealkylation sites (tertiary alicyclic amines) is 1. The number of fused-ring (bicyclic) bond motifs is 1. The number of aromatic amines is 2. The van der Waals surface area contributed by atoms with E-state index in [2.05, 4.69) is 20.1 Å². The molecule has 1 saturated carbocycles. The van der Waals surface area contributed by atoms with Gasteiger partial charge in [-0.1, -0.05) is 12.1 Å². The Bertz CT molecular complexity index is 1590. The molecular formula is C24H20F2N6O3. The average molecular weight is 478 g/mol. The number of carbonyl (C=O) groups excluding carboxylic acids is 1. The fraction of sp³-hybridized carbons (Fsp3) is 0.292. The van der Waals surface area contributed by atoms with Gasteiger partial charge in [-0.05, 0) is 42.0 Å². The molecule has 1 saturated heterocycles. The van der Waals surface area contributed by atoms with Gasteiger partial charge in [-0.25, -0.2) is 23.1 Å². The molecule has 35 heavy (non-hydrogen) atoms. The highest BCUT2D eigenvalue weighted by molar-refractivity contribution is 5.94. The van der Waals surface area contributed by atoms with E-state index in [-0.39, 0.29) is 36.3 Å². The summed E-state index contributed by atoms with van der Waals surface area (Å²) in [6, 6.07) is 8.93. The molecule has 1 aromatic carbocycles. The molecule has 0 radical (unpaired) electrons. The number of alkyl halides is 2. The van der Waals surface area contributed by atoms with E-state index in [1.807, 2.05) is 6.07 Å². The standard InChI is InChI=1S/C24H20F2N6O3/c25-24(26)4-6-31(12-24)22(34)14-3-1-2-13(8-14)15-9-16(15)17-10-19(30-32-7-5-27-20(17)32)18-11-28-23(35)29-21(18)33/h1-3,5,7-8,10-11,15-16H,4,6,9,12H2,(H2,28,29,33,35)/t15-,16+/m1/s1. The second-order valence-electron chi connectivity index (χ2n) is 9.07. The minimum Gasteiger partial charge on any atom is -0.332 e. The first-order chi connectivity index (χ1) is 16.8. The molecule has 1 aliphatic carbocycles. The zero-order valence-electron chi connectivity index (χ0n) is 18.4. The Morgan fingerprint density at radius 3 is 2.80 bits per heavy atom. The summed E-state index contributed by atoms with van der Waals surface area (Å²) in [5.41, 5.74) is 2.37. The van der Waals surface area contributed by atoms with Gasteiger partial charge in [0.2, 0.25) is 0 Å². The van der Waals surface area contributed by atoms with Crippen LogP contribution in [0.25, 0.3) is 16.9 Å². The van der Waals surface area contributed by atoms with Gasteiger partial charge >= 0.3 is 5.69 Å². The number of halogens is 2. The second kappa shape index (κ2) is 7.69. The minimum atomic E-state index is -2.84. The van der Waals surface area contributed by atoms with Gasteiger partial charge in [-0.15, -0.1) is 0 Å². The number of nitrogens with one attached hydrogen (secondary N) is 2. The van der Waals surface area contributed by atoms with Crippen LogP contribution in [0.1, 0.15) is 46.2 Å². The van der Waals surface area contributed by atoms with Crippen molar-refractivity contribution in [1.29, 1.82) is 0 Å². The van der Waals surface area contributed by atoms with E-state index >= 15 is 0 Å². The Balaban J connectivity index is 1.31. The van der Waals surface area contributed by atoms with Gasteiger partial charge in [-0.2, -0.15) is 5.10 Å². The van der Waals surface area contributed by atoms with Gasteiger partial charge < -0.3 is 9.88 Å². The largest absolute Gasteiger partial charge is 0.332 e. The summed E-state index contributed by atoms with van der Waals surface area (Å²) >= 11 is 0. The Hall–Kier alpha value is -4.15. The van der Waals surface area contributed by atoms with Crippen molar-refractivity contribution < 1.29 is 13.6 Å². The first-order valence-corrected chi connectivity index (χ1v) is 11.2. The lowest BCUT2D eigenvalue weighted by Crippen LogP contribution is -2.31. The highest BCUT2D eigenvalue weighted by atomic mass is 19.3. The summed E-state index contributed by atoms with van der Waals surface area (Å²) in [4.78, 5) is 46.8. The molecule has 0 bridgehead atoms. The number of amides is 1. The van der Waals surface area contributed by atoms with Crippen LogP contribution in [0.15, 0.2) is 58.5 Å². The molecule has 4 heterocycles. The SMILES string of the molecule is O=C(c1cccc([C@H]2C[C@@H]2c2cc(-c3c[nH]c(=O)[nH]c3=O)nn3ccnc23)c1)N1CCC(F)(F)C1. The van der Waals surface area contributed by atoms with Crippen molar-refractivity contribution in [2.24, 2.45) is 0 Å². The molecule has 9 nitrogen and oxygen atoms in total. The molecule has 178 valence electrons. The van der Waals surface area contributed by atoms with Crippen LogP contribution in [0.5, 0.6) is 0 Å². The molecule has 0 spiro atoms. The molecule has 2 aliphatic rings. The van der Waals surface area contributed by atoms with Crippen LogP contribution in [0.4, 0.5) is 8.78 Å². The second-order valence-corrected chi connectivity index (χ2v) is 9.07. The maximum atomic E-state index is 13.6. The summed E-state index contributed by atoms with van der Waals surface area (Å²) in [7, 11) is 0. The van der Waals surface area contributed by atoms with E-state index in [1.165, 1.54) is 11.1 Å². The van der Waals surface area contributed by atoms with Gasteiger partial charge in [-0.3, -0.25) is 14.6 Å². The molecule has 0 unspecified atom stereocenters. The van der Waals surface area contributed by atoms with Gasteiger partial charge in [0.1, 0.15) is 0 Å². The molecule has 1 amide bonds. The monoisotopic (exact) mass is 478 g/mol. The van der Waals surface area contributed by atoms with Crippen LogP contribution in [0.3, 0.4) is 0 Å². The number of imidazole rings is 1. The zero-order chi connectivity index (χ0) is 24.3. The topological polar surface area (TPSA) is 116 Å². The first kappa shape index (κ1) is 21.4. The van der Waals surface area contributed by atoms with Crippen LogP contribution in [0, 0.1) is 0 Å². The molecular weight excluding hydrogens is 458 g/mol. The average Bonchev–Trinajstić information content (AvgIpc) is 3.33. The third-order valence-corrected chi connectivity index (χ3v) is 6.69. The number of aromatic nitrogens is 5. The predicted molar refractivity (Wildman–Crippen MR) is 122 cm³/mol. The van der Waals surface area contributed by atoms with E-state index in [0.29, 0.717) is 16.9 Å². The lowest BCUT2D eigenvalue weighted by molar-refractivity contribution is 0.0120. The van der Waals surface area contributed by atoms with Crippen molar-refractivity contribution in [3.8, 4) is 11.3 Å². The minimum absolute atomic E-state index is 0.0453. The maximum Gasteiger partial charge on any atom is 0.325 e. The van der Waals surface area contributed by atoms with Crippen molar-refractivity contribution in [2.45, 2.75) is 30.6 Å². The first-order valence-electron chi connectivity index (χ1n) is 11.2. The number of H-pyrrole nitrogens is 2. The normalized spacial score (nSPS) is 20.9. The summed E-state index contributed by atoms with van der Waals surface area (Å²) in [6.07, 6.45) is 5.12. The third kappa shape index (κ3) is 3.82. The summed E-state index contributed by atoms with van der Waals surface area (Å²) in [5, 5.41) is 4.46. The molecule has 11 heteroatoms. The quantitative estimate of drug-likeness (QED) is 0.468. The van der Waals surface area contributed by atoms with Crippen LogP contribution in [-0.4, -0.2) is 54.4 Å². The number of hydrogen-bond donors (Lipinski definition) is 2. The summed E-state index contributed by atoms with van der Waals surface area (Å²) in [5.74, 6) is -3.05. The van der Waals surface area contributed by atoms with Crippen molar-refractivity contribution in [2.75, 3.05) is 13.1 Å². The summed E-state index contributed by atoms with van der Waals surface area (Å²) < 4.78 is 28.8. The molecule has 2 fully saturated rings. The van der Waals surface area contributed by atoms with Crippen molar-refractivity contribution in [1.82, 2.24) is 29.5 Å². The smallest absolute Gasteiger partial charge is 0.325 e. The fourth-order valence-corrected chi connectivity index (χ4v) is 4.85. The fourth-order valence-electron chi connectivity index (χ4n) is 4.85. The van der Waals surface area contributed by atoms with Gasteiger partial charge in [0.05, 0.1) is 17.8 Å². The van der Waals surface area contributed by atoms with E-state index in [4.69, 9.17) is 0 Å². The number of benzene rings is 1. The van der Waals surface area contributed by atoms with E-state index < -0.39 is 23.7 Å². The zero-order valence-corrected chi connectivity index (χ0v) is 18.4. The van der Waals surface area contributed by atoms with Crippen LogP contribution in [0.2, 0.25) is 0 Å². The van der Waals surface area contributed by atoms with Crippen molar-refractivity contribution in [3.63, 3.8) is 0 Å². The molecule has 3 aromatic heterocycles. The van der Waals surface area contributed by atoms with Crippen LogP contribution < -0.4 is 11.2 Å². The summed E-state index contributed by atoms with van der Waals surface area (Å²) in [6.45, 7) is -0.507.